The lowest BCUT2D eigenvalue weighted by molar-refractivity contribution is 0.375. The van der Waals surface area contributed by atoms with Gasteiger partial charge in [0.2, 0.25) is 0 Å². The van der Waals surface area contributed by atoms with E-state index < -0.39 is 8.60 Å². The number of aromatic hydroxyl groups is 1. The lowest BCUT2D eigenvalue weighted by Gasteiger charge is -2.25. The van der Waals surface area contributed by atoms with Gasteiger partial charge in [0.15, 0.2) is 0 Å². The molecule has 0 saturated carbocycles. The summed E-state index contributed by atoms with van der Waals surface area (Å²) in [5.74, 6) is 0.224. The SMILES string of the molecule is Oc1c(-c2ccccc2)c(OP(O)O)c(-c2ccccc2)c(-c2ccccc2)c1-c1ccccc1. The molecule has 0 saturated heterocycles. The highest BCUT2D eigenvalue weighted by atomic mass is 31.2. The van der Waals surface area contributed by atoms with Crippen molar-refractivity contribution in [3.63, 3.8) is 0 Å². The molecule has 0 aliphatic rings. The molecule has 0 aromatic heterocycles. The predicted molar refractivity (Wildman–Crippen MR) is 142 cm³/mol. The Morgan fingerprint density at radius 2 is 0.771 bits per heavy atom. The summed E-state index contributed by atoms with van der Waals surface area (Å²) < 4.78 is 5.74. The molecule has 0 amide bonds. The van der Waals surface area contributed by atoms with E-state index in [1.165, 1.54) is 0 Å². The Kier molecular flexibility index (Phi) is 6.60. The minimum Gasteiger partial charge on any atom is -0.506 e. The maximum Gasteiger partial charge on any atom is 0.391 e. The molecule has 5 aromatic carbocycles. The molecule has 35 heavy (non-hydrogen) atoms. The summed E-state index contributed by atoms with van der Waals surface area (Å²) >= 11 is 0. The topological polar surface area (TPSA) is 69.9 Å². The number of phenols is 1. The second kappa shape index (κ2) is 10.1. The van der Waals surface area contributed by atoms with Crippen molar-refractivity contribution in [2.45, 2.75) is 0 Å². The molecule has 0 aliphatic heterocycles. The maximum atomic E-state index is 11.9. The summed E-state index contributed by atoms with van der Waals surface area (Å²) in [5, 5.41) is 11.9. The average molecular weight is 478 g/mol. The van der Waals surface area contributed by atoms with Gasteiger partial charge in [0, 0.05) is 16.7 Å². The van der Waals surface area contributed by atoms with Crippen LogP contribution in [0, 0.1) is 0 Å². The van der Waals surface area contributed by atoms with Gasteiger partial charge in [-0.15, -0.1) is 0 Å². The molecule has 5 aromatic rings. The summed E-state index contributed by atoms with van der Waals surface area (Å²) in [6.45, 7) is 0. The van der Waals surface area contributed by atoms with E-state index in [1.54, 1.807) is 0 Å². The molecule has 4 nitrogen and oxygen atoms in total. The van der Waals surface area contributed by atoms with Crippen LogP contribution in [0.15, 0.2) is 121 Å². The minimum absolute atomic E-state index is 0.00721. The maximum absolute atomic E-state index is 11.9. The smallest absolute Gasteiger partial charge is 0.391 e. The molecule has 5 heteroatoms. The molecule has 0 fully saturated rings. The van der Waals surface area contributed by atoms with Crippen molar-refractivity contribution in [2.75, 3.05) is 0 Å². The standard InChI is InChI=1S/C30H23O4P/c31-29-26(22-15-7-2-8-16-22)25(21-13-5-1-6-14-21)27(23-17-9-3-10-18-23)30(34-35(32)33)28(29)24-19-11-4-12-20-24/h1-20,31-33H. The lowest BCUT2D eigenvalue weighted by atomic mass is 9.83. The molecule has 0 aliphatic carbocycles. The van der Waals surface area contributed by atoms with Crippen molar-refractivity contribution in [2.24, 2.45) is 0 Å². The third kappa shape index (κ3) is 4.55. The average Bonchev–Trinajstić information content (AvgIpc) is 2.90. The Bertz CT molecular complexity index is 1420. The van der Waals surface area contributed by atoms with E-state index >= 15 is 0 Å². The first-order valence-electron chi connectivity index (χ1n) is 11.2. The van der Waals surface area contributed by atoms with Crippen LogP contribution in [-0.2, 0) is 0 Å². The van der Waals surface area contributed by atoms with Gasteiger partial charge in [-0.3, -0.25) is 0 Å². The van der Waals surface area contributed by atoms with E-state index in [9.17, 15) is 14.9 Å². The van der Waals surface area contributed by atoms with E-state index in [0.29, 0.717) is 22.3 Å². The summed E-state index contributed by atoms with van der Waals surface area (Å²) in [5.41, 5.74) is 5.68. The number of phenolic OH excluding ortho intramolecular Hbond substituents is 1. The van der Waals surface area contributed by atoms with Gasteiger partial charge in [0.05, 0.1) is 5.56 Å². The van der Waals surface area contributed by atoms with Crippen LogP contribution in [0.4, 0.5) is 0 Å². The van der Waals surface area contributed by atoms with E-state index in [4.69, 9.17) is 4.52 Å². The van der Waals surface area contributed by atoms with Crippen LogP contribution in [0.25, 0.3) is 44.5 Å². The first-order chi connectivity index (χ1) is 17.1. The summed E-state index contributed by atoms with van der Waals surface area (Å²) in [6, 6.07) is 38.5. The highest BCUT2D eigenvalue weighted by molar-refractivity contribution is 7.39. The first-order valence-corrected chi connectivity index (χ1v) is 12.3. The third-order valence-corrected chi connectivity index (χ3v) is 6.20. The van der Waals surface area contributed by atoms with Crippen molar-refractivity contribution in [3.8, 4) is 56.0 Å². The van der Waals surface area contributed by atoms with Gasteiger partial charge in [0.25, 0.3) is 0 Å². The van der Waals surface area contributed by atoms with Gasteiger partial charge in [0.1, 0.15) is 11.5 Å². The fraction of sp³-hybridized carbons (Fsp3) is 0. The monoisotopic (exact) mass is 478 g/mol. The Hall–Kier alpha value is -3.95. The van der Waals surface area contributed by atoms with Gasteiger partial charge in [-0.25, -0.2) is 0 Å². The van der Waals surface area contributed by atoms with Crippen molar-refractivity contribution in [1.82, 2.24) is 0 Å². The van der Waals surface area contributed by atoms with Gasteiger partial charge in [-0.2, -0.15) is 0 Å². The Balaban J connectivity index is 2.02. The molecule has 172 valence electrons. The van der Waals surface area contributed by atoms with E-state index in [-0.39, 0.29) is 11.5 Å². The fourth-order valence-corrected chi connectivity index (χ4v) is 4.77. The van der Waals surface area contributed by atoms with Gasteiger partial charge >= 0.3 is 8.60 Å². The molecule has 0 atom stereocenters. The molecule has 3 N–H and O–H groups in total. The van der Waals surface area contributed by atoms with Gasteiger partial charge in [-0.1, -0.05) is 121 Å². The summed E-state index contributed by atoms with van der Waals surface area (Å²) in [7, 11) is -2.76. The van der Waals surface area contributed by atoms with Crippen LogP contribution in [0.1, 0.15) is 0 Å². The molecule has 0 radical (unpaired) electrons. The van der Waals surface area contributed by atoms with Crippen molar-refractivity contribution < 1.29 is 19.4 Å². The zero-order valence-corrected chi connectivity index (χ0v) is 19.6. The number of hydrogen-bond acceptors (Lipinski definition) is 4. The highest BCUT2D eigenvalue weighted by Crippen LogP contribution is 2.57. The Labute approximate surface area is 205 Å². The Morgan fingerprint density at radius 3 is 1.17 bits per heavy atom. The predicted octanol–water partition coefficient (Wildman–Crippen LogP) is 7.65. The van der Waals surface area contributed by atoms with Gasteiger partial charge < -0.3 is 19.4 Å². The molecular weight excluding hydrogens is 455 g/mol. The van der Waals surface area contributed by atoms with Crippen LogP contribution in [0.2, 0.25) is 0 Å². The normalized spacial score (nSPS) is 10.9. The largest absolute Gasteiger partial charge is 0.506 e. The van der Waals surface area contributed by atoms with Crippen LogP contribution < -0.4 is 4.52 Å². The molecule has 0 heterocycles. The zero-order chi connectivity index (χ0) is 24.2. The number of benzene rings is 5. The Morgan fingerprint density at radius 1 is 0.429 bits per heavy atom. The van der Waals surface area contributed by atoms with E-state index in [1.807, 2.05) is 121 Å². The number of rotatable bonds is 6. The molecule has 0 bridgehead atoms. The molecule has 0 unspecified atom stereocenters. The van der Waals surface area contributed by atoms with E-state index in [2.05, 4.69) is 0 Å². The molecular formula is C30H23O4P. The van der Waals surface area contributed by atoms with Crippen LogP contribution in [0.5, 0.6) is 11.5 Å². The van der Waals surface area contributed by atoms with Crippen molar-refractivity contribution in [3.05, 3.63) is 121 Å². The van der Waals surface area contributed by atoms with Crippen molar-refractivity contribution in [1.29, 1.82) is 0 Å². The highest BCUT2D eigenvalue weighted by Gasteiger charge is 2.29. The molecule has 0 spiro atoms. The fourth-order valence-electron chi connectivity index (χ4n) is 4.42. The molecule has 5 rings (SSSR count). The van der Waals surface area contributed by atoms with Gasteiger partial charge in [-0.05, 0) is 22.3 Å². The van der Waals surface area contributed by atoms with Crippen LogP contribution in [0.3, 0.4) is 0 Å². The summed E-state index contributed by atoms with van der Waals surface area (Å²) in [6.07, 6.45) is 0. The van der Waals surface area contributed by atoms with Crippen molar-refractivity contribution >= 4 is 8.60 Å². The van der Waals surface area contributed by atoms with Crippen LogP contribution in [-0.4, -0.2) is 14.9 Å². The van der Waals surface area contributed by atoms with E-state index in [0.717, 1.165) is 22.3 Å². The third-order valence-electron chi connectivity index (χ3n) is 5.85. The minimum atomic E-state index is -2.76. The van der Waals surface area contributed by atoms with Crippen LogP contribution >= 0.6 is 8.60 Å². The number of hydrogen-bond donors (Lipinski definition) is 3. The quantitative estimate of drug-likeness (QED) is 0.219. The lowest BCUT2D eigenvalue weighted by Crippen LogP contribution is -2.00. The summed E-state index contributed by atoms with van der Waals surface area (Å²) in [4.78, 5) is 20.0. The second-order valence-electron chi connectivity index (χ2n) is 7.99. The first kappa shape index (κ1) is 22.8. The second-order valence-corrected chi connectivity index (χ2v) is 8.67. The zero-order valence-electron chi connectivity index (χ0n) is 18.7.